The number of aromatic nitrogens is 1. The summed E-state index contributed by atoms with van der Waals surface area (Å²) in [5, 5.41) is 0. The summed E-state index contributed by atoms with van der Waals surface area (Å²) < 4.78 is 5.47. The Morgan fingerprint density at radius 2 is 2.06 bits per heavy atom. The number of methoxy groups -OCH3 is 1. The Bertz CT molecular complexity index is 949. The van der Waals surface area contributed by atoms with Crippen LogP contribution in [0.15, 0.2) is 42.6 Å². The molecule has 0 unspecified atom stereocenters. The summed E-state index contributed by atoms with van der Waals surface area (Å²) in [7, 11) is 1.73. The van der Waals surface area contributed by atoms with Gasteiger partial charge in [0, 0.05) is 31.4 Å². The zero-order chi connectivity index (χ0) is 21.4. The van der Waals surface area contributed by atoms with Crippen molar-refractivity contribution in [1.29, 1.82) is 0 Å². The van der Waals surface area contributed by atoms with Gasteiger partial charge in [-0.15, -0.1) is 0 Å². The lowest BCUT2D eigenvalue weighted by atomic mass is 9.71. The highest BCUT2D eigenvalue weighted by atomic mass is 16.5. The fourth-order valence-electron chi connectivity index (χ4n) is 6.24. The molecular formula is C25H32N4O2. The maximum atomic E-state index is 12.0. The van der Waals surface area contributed by atoms with Crippen LogP contribution in [0, 0.1) is 11.8 Å². The predicted molar refractivity (Wildman–Crippen MR) is 121 cm³/mol. The van der Waals surface area contributed by atoms with Crippen molar-refractivity contribution in [3.63, 3.8) is 0 Å². The van der Waals surface area contributed by atoms with Crippen LogP contribution in [-0.2, 0) is 6.42 Å². The summed E-state index contributed by atoms with van der Waals surface area (Å²) in [4.78, 5) is 21.8. The molecule has 6 nitrogen and oxygen atoms in total. The number of piperidine rings is 3. The van der Waals surface area contributed by atoms with E-state index >= 15 is 0 Å². The molecule has 0 spiro atoms. The normalized spacial score (nSPS) is 28.1. The Hall–Kier alpha value is -2.60. The van der Waals surface area contributed by atoms with E-state index in [-0.39, 0.29) is 0 Å². The summed E-state index contributed by atoms with van der Waals surface area (Å²) in [6, 6.07) is 13.2. The maximum absolute atomic E-state index is 12.0. The molecule has 2 aromatic rings. The van der Waals surface area contributed by atoms with Crippen LogP contribution >= 0.6 is 0 Å². The molecule has 0 saturated carbocycles. The van der Waals surface area contributed by atoms with E-state index in [0.29, 0.717) is 29.5 Å². The van der Waals surface area contributed by atoms with Gasteiger partial charge in [0.1, 0.15) is 11.6 Å². The van der Waals surface area contributed by atoms with Crippen LogP contribution in [0.4, 0.5) is 5.82 Å². The summed E-state index contributed by atoms with van der Waals surface area (Å²) >= 11 is 0. The molecule has 1 aromatic heterocycles. The molecule has 0 aliphatic carbocycles. The van der Waals surface area contributed by atoms with Gasteiger partial charge in [-0.05, 0) is 73.9 Å². The largest absolute Gasteiger partial charge is 0.497 e. The number of ether oxygens (including phenoxy) is 1. The fraction of sp³-hybridized carbons (Fsp3) is 0.520. The second-order valence-corrected chi connectivity index (χ2v) is 9.32. The van der Waals surface area contributed by atoms with E-state index in [1.54, 1.807) is 25.4 Å². The van der Waals surface area contributed by atoms with Gasteiger partial charge in [-0.2, -0.15) is 0 Å². The zero-order valence-corrected chi connectivity index (χ0v) is 18.2. The Kier molecular flexibility index (Phi) is 5.57. The van der Waals surface area contributed by atoms with Crippen LogP contribution in [0.2, 0.25) is 0 Å². The van der Waals surface area contributed by atoms with E-state index in [0.717, 1.165) is 31.1 Å². The van der Waals surface area contributed by atoms with Gasteiger partial charge >= 0.3 is 0 Å². The van der Waals surface area contributed by atoms with Gasteiger partial charge in [0.2, 0.25) is 0 Å². The minimum atomic E-state index is -0.397. The third-order valence-electron chi connectivity index (χ3n) is 7.55. The highest BCUT2D eigenvalue weighted by Gasteiger charge is 2.47. The molecule has 0 radical (unpaired) electrons. The molecule has 3 fully saturated rings. The lowest BCUT2D eigenvalue weighted by Gasteiger charge is -2.57. The number of amides is 1. The van der Waals surface area contributed by atoms with E-state index in [9.17, 15) is 4.79 Å². The van der Waals surface area contributed by atoms with Gasteiger partial charge in [-0.3, -0.25) is 9.69 Å². The number of anilines is 1. The standard InChI is InChI=1S/C25H32N4O2/c1-31-20-7-4-6-17(12-20)13-23-19-14-18(22-9-2-3-11-29(22)23)15-28(16-19)25-21(24(26)30)8-5-10-27-25/h4-8,10,12,18-19,22-23H,2-3,9,11,13-16H2,1H3,(H2,26,30)/t18-,19+,22+,23+/m1/s1. The number of nitrogens with zero attached hydrogens (tertiary/aromatic N) is 3. The van der Waals surface area contributed by atoms with Crippen molar-refractivity contribution >= 4 is 11.7 Å². The first kappa shape index (κ1) is 20.3. The summed E-state index contributed by atoms with van der Waals surface area (Å²) in [6.45, 7) is 3.08. The molecule has 2 bridgehead atoms. The van der Waals surface area contributed by atoms with Crippen molar-refractivity contribution in [3.8, 4) is 5.75 Å². The van der Waals surface area contributed by atoms with Crippen molar-refractivity contribution in [1.82, 2.24) is 9.88 Å². The quantitative estimate of drug-likeness (QED) is 0.805. The maximum Gasteiger partial charge on any atom is 0.252 e. The van der Waals surface area contributed by atoms with E-state index in [1.165, 1.54) is 37.8 Å². The molecule has 2 N–H and O–H groups in total. The predicted octanol–water partition coefficient (Wildman–Crippen LogP) is 3.11. The molecule has 3 aliphatic heterocycles. The minimum absolute atomic E-state index is 0.397. The van der Waals surface area contributed by atoms with E-state index in [1.807, 2.05) is 6.07 Å². The van der Waals surface area contributed by atoms with Crippen molar-refractivity contribution in [3.05, 3.63) is 53.7 Å². The van der Waals surface area contributed by atoms with E-state index in [2.05, 4.69) is 33.0 Å². The van der Waals surface area contributed by atoms with Crippen LogP contribution < -0.4 is 15.4 Å². The first-order valence-corrected chi connectivity index (χ1v) is 11.5. The molecule has 4 heterocycles. The number of nitrogens with two attached hydrogens (primary N) is 1. The average Bonchev–Trinajstić information content (AvgIpc) is 2.82. The Labute approximate surface area is 184 Å². The summed E-state index contributed by atoms with van der Waals surface area (Å²) in [5.74, 6) is 2.44. The molecule has 1 aromatic carbocycles. The average molecular weight is 421 g/mol. The second kappa shape index (κ2) is 8.50. The smallest absolute Gasteiger partial charge is 0.252 e. The number of pyridine rings is 1. The molecule has 6 heteroatoms. The van der Waals surface area contributed by atoms with Gasteiger partial charge in [0.05, 0.1) is 12.7 Å². The van der Waals surface area contributed by atoms with Gasteiger partial charge in [-0.1, -0.05) is 18.6 Å². The highest BCUT2D eigenvalue weighted by molar-refractivity contribution is 5.97. The Morgan fingerprint density at radius 1 is 1.19 bits per heavy atom. The topological polar surface area (TPSA) is 71.7 Å². The Balaban J connectivity index is 1.46. The van der Waals surface area contributed by atoms with Gasteiger partial charge in [0.25, 0.3) is 5.91 Å². The third-order valence-corrected chi connectivity index (χ3v) is 7.55. The van der Waals surface area contributed by atoms with Crippen molar-refractivity contribution < 1.29 is 9.53 Å². The first-order chi connectivity index (χ1) is 15.1. The molecular weight excluding hydrogens is 388 g/mol. The monoisotopic (exact) mass is 420 g/mol. The lowest BCUT2D eigenvalue weighted by molar-refractivity contribution is -0.0318. The van der Waals surface area contributed by atoms with Crippen LogP contribution in [0.3, 0.4) is 0 Å². The number of fused-ring (bicyclic) bond motifs is 4. The highest BCUT2D eigenvalue weighted by Crippen LogP contribution is 2.43. The minimum Gasteiger partial charge on any atom is -0.497 e. The van der Waals surface area contributed by atoms with Crippen molar-refractivity contribution in [2.75, 3.05) is 31.6 Å². The number of rotatable bonds is 5. The van der Waals surface area contributed by atoms with Gasteiger partial charge in [-0.25, -0.2) is 4.98 Å². The van der Waals surface area contributed by atoms with Crippen LogP contribution in [0.5, 0.6) is 5.75 Å². The zero-order valence-electron chi connectivity index (χ0n) is 18.2. The SMILES string of the molecule is COc1cccc(C[C@H]2[C@H]3C[C@H](CN(c4ncccc4C(N)=O)C3)[C@@H]3CCCCN32)c1. The molecule has 4 atom stereocenters. The second-order valence-electron chi connectivity index (χ2n) is 9.32. The number of hydrogen-bond acceptors (Lipinski definition) is 5. The number of hydrogen-bond donors (Lipinski definition) is 1. The van der Waals surface area contributed by atoms with Crippen molar-refractivity contribution in [2.24, 2.45) is 17.6 Å². The number of primary amides is 1. The summed E-state index contributed by atoms with van der Waals surface area (Å²) in [5.41, 5.74) is 7.54. The number of benzene rings is 1. The summed E-state index contributed by atoms with van der Waals surface area (Å²) in [6.07, 6.45) is 7.93. The number of carbonyl (C=O) groups is 1. The van der Waals surface area contributed by atoms with Gasteiger partial charge in [0.15, 0.2) is 0 Å². The third kappa shape index (κ3) is 3.89. The van der Waals surface area contributed by atoms with E-state index in [4.69, 9.17) is 10.5 Å². The number of carbonyl (C=O) groups excluding carboxylic acids is 1. The molecule has 3 saturated heterocycles. The van der Waals surface area contributed by atoms with E-state index < -0.39 is 5.91 Å². The van der Waals surface area contributed by atoms with Crippen LogP contribution in [0.1, 0.15) is 41.6 Å². The van der Waals surface area contributed by atoms with Gasteiger partial charge < -0.3 is 15.4 Å². The van der Waals surface area contributed by atoms with Crippen molar-refractivity contribution in [2.45, 2.75) is 44.2 Å². The van der Waals surface area contributed by atoms with Crippen LogP contribution in [-0.4, -0.2) is 54.6 Å². The molecule has 1 amide bonds. The molecule has 31 heavy (non-hydrogen) atoms. The van der Waals surface area contributed by atoms with Crippen LogP contribution in [0.25, 0.3) is 0 Å². The lowest BCUT2D eigenvalue weighted by Crippen LogP contribution is -2.64. The Morgan fingerprint density at radius 3 is 2.90 bits per heavy atom. The molecule has 5 rings (SSSR count). The molecule has 164 valence electrons. The first-order valence-electron chi connectivity index (χ1n) is 11.5. The molecule has 3 aliphatic rings. The fourth-order valence-corrected chi connectivity index (χ4v) is 6.24.